The molecular weight excluding hydrogens is 326 g/mol. The Kier molecular flexibility index (Phi) is 6.17. The summed E-state index contributed by atoms with van der Waals surface area (Å²) in [4.78, 5) is 27.4. The fourth-order valence-corrected chi connectivity index (χ4v) is 3.17. The van der Waals surface area contributed by atoms with Crippen molar-refractivity contribution in [3.05, 3.63) is 59.4 Å². The maximum atomic E-state index is 12.3. The van der Waals surface area contributed by atoms with Crippen LogP contribution in [0.25, 0.3) is 0 Å². The quantitative estimate of drug-likeness (QED) is 0.726. The van der Waals surface area contributed by atoms with Crippen LogP contribution in [0.4, 0.5) is 0 Å². The van der Waals surface area contributed by atoms with Crippen LogP contribution in [-0.2, 0) is 0 Å². The van der Waals surface area contributed by atoms with Crippen LogP contribution in [0, 0.1) is 5.92 Å². The van der Waals surface area contributed by atoms with E-state index in [1.807, 2.05) is 0 Å². The Hall–Kier alpha value is -2.11. The number of rotatable bonds is 5. The first kappa shape index (κ1) is 18.2. The van der Waals surface area contributed by atoms with Crippen molar-refractivity contribution in [3.63, 3.8) is 0 Å². The second-order valence-electron chi connectivity index (χ2n) is 6.01. The summed E-state index contributed by atoms with van der Waals surface area (Å²) in [5, 5.41) is 3.06. The summed E-state index contributed by atoms with van der Waals surface area (Å²) in [6.07, 6.45) is 6.54. The molecule has 0 bridgehead atoms. The number of aromatic amines is 1. The number of carbonyl (C=O) groups excluding carboxylic acids is 2. The van der Waals surface area contributed by atoms with Crippen molar-refractivity contribution in [2.45, 2.75) is 25.3 Å². The molecule has 3 rings (SSSR count). The molecule has 2 atom stereocenters. The molecule has 6 heteroatoms. The topological polar surface area (TPSA) is 88.0 Å². The Morgan fingerprint density at radius 3 is 2.42 bits per heavy atom. The molecule has 2 unspecified atom stereocenters. The van der Waals surface area contributed by atoms with Gasteiger partial charge in [0.2, 0.25) is 0 Å². The molecule has 0 aliphatic heterocycles. The Morgan fingerprint density at radius 1 is 1.08 bits per heavy atom. The van der Waals surface area contributed by atoms with Crippen LogP contribution in [0.2, 0.25) is 0 Å². The van der Waals surface area contributed by atoms with Crippen LogP contribution in [-0.4, -0.2) is 29.3 Å². The lowest BCUT2D eigenvalue weighted by Crippen LogP contribution is -2.39. The summed E-state index contributed by atoms with van der Waals surface area (Å²) in [6.45, 7) is 0.606. The molecule has 1 fully saturated rings. The summed E-state index contributed by atoms with van der Waals surface area (Å²) >= 11 is 0. The largest absolute Gasteiger partial charge is 0.367 e. The van der Waals surface area contributed by atoms with Gasteiger partial charge in [0, 0.05) is 35.1 Å². The summed E-state index contributed by atoms with van der Waals surface area (Å²) < 4.78 is 0. The number of ketones is 1. The van der Waals surface area contributed by atoms with E-state index in [2.05, 4.69) is 10.3 Å². The zero-order valence-electron chi connectivity index (χ0n) is 13.3. The van der Waals surface area contributed by atoms with E-state index in [0.29, 0.717) is 29.2 Å². The van der Waals surface area contributed by atoms with Crippen molar-refractivity contribution in [3.8, 4) is 0 Å². The molecule has 128 valence electrons. The van der Waals surface area contributed by atoms with Gasteiger partial charge in [0.25, 0.3) is 5.91 Å². The highest BCUT2D eigenvalue weighted by Gasteiger charge is 2.27. The van der Waals surface area contributed by atoms with Gasteiger partial charge in [-0.25, -0.2) is 0 Å². The van der Waals surface area contributed by atoms with Crippen LogP contribution in [0.5, 0.6) is 0 Å². The maximum absolute atomic E-state index is 12.3. The van der Waals surface area contributed by atoms with Gasteiger partial charge in [0.1, 0.15) is 0 Å². The van der Waals surface area contributed by atoms with Gasteiger partial charge in [-0.1, -0.05) is 18.6 Å². The van der Waals surface area contributed by atoms with Crippen LogP contribution >= 0.6 is 12.4 Å². The second-order valence-corrected chi connectivity index (χ2v) is 6.01. The van der Waals surface area contributed by atoms with Crippen molar-refractivity contribution in [2.75, 3.05) is 6.54 Å². The molecule has 1 aromatic carbocycles. The first-order valence-corrected chi connectivity index (χ1v) is 7.97. The normalized spacial score (nSPS) is 19.5. The highest BCUT2D eigenvalue weighted by molar-refractivity contribution is 6.09. The molecule has 0 radical (unpaired) electrons. The lowest BCUT2D eigenvalue weighted by Gasteiger charge is -2.19. The lowest BCUT2D eigenvalue weighted by molar-refractivity contribution is 0.0927. The molecule has 1 aliphatic rings. The van der Waals surface area contributed by atoms with Crippen molar-refractivity contribution in [1.82, 2.24) is 10.3 Å². The van der Waals surface area contributed by atoms with Gasteiger partial charge in [-0.15, -0.1) is 12.4 Å². The number of nitrogens with two attached hydrogens (primary N) is 1. The summed E-state index contributed by atoms with van der Waals surface area (Å²) in [5.41, 5.74) is 7.50. The van der Waals surface area contributed by atoms with Crippen molar-refractivity contribution in [2.24, 2.45) is 11.7 Å². The van der Waals surface area contributed by atoms with Gasteiger partial charge in [0.15, 0.2) is 5.78 Å². The van der Waals surface area contributed by atoms with E-state index in [4.69, 9.17) is 5.73 Å². The van der Waals surface area contributed by atoms with Crippen molar-refractivity contribution >= 4 is 24.1 Å². The predicted octanol–water partition coefficient (Wildman–Crippen LogP) is 2.52. The monoisotopic (exact) mass is 347 g/mol. The fraction of sp³-hybridized carbons (Fsp3) is 0.333. The number of H-pyrrole nitrogens is 1. The number of halogens is 1. The predicted molar refractivity (Wildman–Crippen MR) is 95.6 cm³/mol. The Balaban J connectivity index is 0.00000208. The number of hydrogen-bond acceptors (Lipinski definition) is 3. The van der Waals surface area contributed by atoms with Gasteiger partial charge in [-0.3, -0.25) is 9.59 Å². The molecule has 1 aliphatic carbocycles. The van der Waals surface area contributed by atoms with Gasteiger partial charge < -0.3 is 16.0 Å². The molecule has 1 saturated carbocycles. The lowest BCUT2D eigenvalue weighted by atomic mass is 10.0. The zero-order chi connectivity index (χ0) is 16.2. The molecule has 1 amide bonds. The number of nitrogens with one attached hydrogen (secondary N) is 2. The highest BCUT2D eigenvalue weighted by atomic mass is 35.5. The Morgan fingerprint density at radius 2 is 1.79 bits per heavy atom. The van der Waals surface area contributed by atoms with Crippen LogP contribution in [0.3, 0.4) is 0 Å². The summed E-state index contributed by atoms with van der Waals surface area (Å²) in [5.74, 6) is 0.210. The molecule has 0 spiro atoms. The number of benzene rings is 1. The minimum Gasteiger partial charge on any atom is -0.367 e. The second kappa shape index (κ2) is 8.13. The zero-order valence-corrected chi connectivity index (χ0v) is 14.1. The minimum atomic E-state index is -0.101. The molecule has 2 aromatic rings. The van der Waals surface area contributed by atoms with E-state index in [-0.39, 0.29) is 30.1 Å². The first-order chi connectivity index (χ1) is 11.2. The van der Waals surface area contributed by atoms with E-state index in [0.717, 1.165) is 19.3 Å². The summed E-state index contributed by atoms with van der Waals surface area (Å²) in [6, 6.07) is 8.67. The number of aromatic nitrogens is 1. The Bertz CT molecular complexity index is 683. The van der Waals surface area contributed by atoms with Crippen molar-refractivity contribution in [1.29, 1.82) is 0 Å². The Labute approximate surface area is 147 Å². The maximum Gasteiger partial charge on any atom is 0.251 e. The van der Waals surface area contributed by atoms with E-state index in [9.17, 15) is 9.59 Å². The summed E-state index contributed by atoms with van der Waals surface area (Å²) in [7, 11) is 0. The van der Waals surface area contributed by atoms with Gasteiger partial charge in [0.05, 0.1) is 0 Å². The van der Waals surface area contributed by atoms with Crippen LogP contribution in [0.15, 0.2) is 42.7 Å². The average Bonchev–Trinajstić information content (AvgIpc) is 3.25. The van der Waals surface area contributed by atoms with Crippen molar-refractivity contribution < 1.29 is 9.59 Å². The van der Waals surface area contributed by atoms with E-state index in [1.165, 1.54) is 0 Å². The van der Waals surface area contributed by atoms with Gasteiger partial charge in [-0.05, 0) is 43.5 Å². The van der Waals surface area contributed by atoms with Gasteiger partial charge >= 0.3 is 0 Å². The van der Waals surface area contributed by atoms with Crippen LogP contribution in [0.1, 0.15) is 45.5 Å². The van der Waals surface area contributed by atoms with E-state index >= 15 is 0 Å². The van der Waals surface area contributed by atoms with Gasteiger partial charge in [-0.2, -0.15) is 0 Å². The smallest absolute Gasteiger partial charge is 0.251 e. The molecule has 24 heavy (non-hydrogen) atoms. The SMILES string of the molecule is Cl.NCC1CCCC1NC(=O)c1ccc(C(=O)c2cc[nH]c2)cc1. The molecule has 4 N–H and O–H groups in total. The van der Waals surface area contributed by atoms with Crippen LogP contribution < -0.4 is 11.1 Å². The highest BCUT2D eigenvalue weighted by Crippen LogP contribution is 2.24. The third-order valence-corrected chi connectivity index (χ3v) is 4.55. The number of carbonyl (C=O) groups is 2. The molecular formula is C18H22ClN3O2. The molecule has 5 nitrogen and oxygen atoms in total. The minimum absolute atomic E-state index is 0. The third kappa shape index (κ3) is 3.86. The first-order valence-electron chi connectivity index (χ1n) is 7.97. The van der Waals surface area contributed by atoms with E-state index < -0.39 is 0 Å². The molecule has 0 saturated heterocycles. The average molecular weight is 348 g/mol. The van der Waals surface area contributed by atoms with E-state index in [1.54, 1.807) is 42.7 Å². The third-order valence-electron chi connectivity index (χ3n) is 4.55. The standard InChI is InChI=1S/C18H21N3O2.ClH/c19-10-14-2-1-3-16(14)21-18(23)13-6-4-12(5-7-13)17(22)15-8-9-20-11-15;/h4-9,11,14,16,20H,1-3,10,19H2,(H,21,23);1H. The number of hydrogen-bond donors (Lipinski definition) is 3. The molecule has 1 aromatic heterocycles. The fourth-order valence-electron chi connectivity index (χ4n) is 3.17. The molecule has 1 heterocycles. The number of amides is 1.